The van der Waals surface area contributed by atoms with Crippen LogP contribution in [-0.2, 0) is 22.7 Å². The summed E-state index contributed by atoms with van der Waals surface area (Å²) >= 11 is 0. The topological polar surface area (TPSA) is 57.7 Å². The van der Waals surface area contributed by atoms with Crippen LogP contribution in [0.4, 0.5) is 5.82 Å². The van der Waals surface area contributed by atoms with Crippen LogP contribution in [0.15, 0.2) is 48.7 Å². The molecule has 0 bridgehead atoms. The summed E-state index contributed by atoms with van der Waals surface area (Å²) in [6.45, 7) is 6.71. The van der Waals surface area contributed by atoms with E-state index in [0.29, 0.717) is 13.2 Å². The van der Waals surface area contributed by atoms with Crippen molar-refractivity contribution >= 4 is 11.7 Å². The first-order valence-corrected chi connectivity index (χ1v) is 9.43. The molecule has 2 aromatic rings. The second-order valence-corrected chi connectivity index (χ2v) is 6.97. The van der Waals surface area contributed by atoms with Gasteiger partial charge in [-0.2, -0.15) is 0 Å². The van der Waals surface area contributed by atoms with Gasteiger partial charge in [-0.05, 0) is 37.2 Å². The van der Waals surface area contributed by atoms with E-state index < -0.39 is 6.10 Å². The van der Waals surface area contributed by atoms with Gasteiger partial charge in [0.05, 0.1) is 6.61 Å². The van der Waals surface area contributed by atoms with Crippen molar-refractivity contribution in [2.24, 2.45) is 0 Å². The number of anilines is 1. The normalized spacial score (nSPS) is 16.1. The number of nitrogens with zero attached hydrogens (tertiary/aromatic N) is 3. The number of amides is 1. The number of likely N-dealkylation sites (N-methyl/N-ethyl adjacent to an activating group) is 1. The van der Waals surface area contributed by atoms with Crippen LogP contribution in [0.3, 0.4) is 0 Å². The van der Waals surface area contributed by atoms with Crippen molar-refractivity contribution in [2.75, 3.05) is 38.1 Å². The Hall–Kier alpha value is -2.44. The maximum atomic E-state index is 12.3. The zero-order valence-corrected chi connectivity index (χ0v) is 16.1. The Kier molecular flexibility index (Phi) is 6.79. The lowest BCUT2D eigenvalue weighted by atomic mass is 10.2. The van der Waals surface area contributed by atoms with Gasteiger partial charge in [0, 0.05) is 38.9 Å². The average molecular weight is 368 g/mol. The minimum Gasteiger partial charge on any atom is -0.364 e. The Balaban J connectivity index is 1.47. The Morgan fingerprint density at radius 3 is 2.63 bits per heavy atom. The van der Waals surface area contributed by atoms with Gasteiger partial charge >= 0.3 is 0 Å². The lowest BCUT2D eigenvalue weighted by Crippen LogP contribution is -2.44. The molecule has 1 aromatic heterocycles. The molecule has 6 heteroatoms. The van der Waals surface area contributed by atoms with Crippen LogP contribution in [-0.4, -0.2) is 55.1 Å². The molecular weight excluding hydrogens is 340 g/mol. The number of ether oxygens (including phenoxy) is 1. The lowest BCUT2D eigenvalue weighted by molar-refractivity contribution is -0.132. The Morgan fingerprint density at radius 1 is 1.15 bits per heavy atom. The molecule has 2 heterocycles. The van der Waals surface area contributed by atoms with Gasteiger partial charge in [0.1, 0.15) is 11.9 Å². The van der Waals surface area contributed by atoms with Crippen molar-refractivity contribution in [3.05, 3.63) is 59.8 Å². The Bertz CT molecular complexity index is 730. The third-order valence-electron chi connectivity index (χ3n) is 4.82. The number of benzene rings is 1. The minimum absolute atomic E-state index is 0.108. The molecule has 0 saturated carbocycles. The highest BCUT2D eigenvalue weighted by atomic mass is 16.5. The number of carbonyl (C=O) groups excluding carboxylic acids is 1. The monoisotopic (exact) mass is 368 g/mol. The molecule has 1 fully saturated rings. The van der Waals surface area contributed by atoms with E-state index >= 15 is 0 Å². The predicted molar refractivity (Wildman–Crippen MR) is 106 cm³/mol. The highest BCUT2D eigenvalue weighted by Gasteiger charge is 2.16. The van der Waals surface area contributed by atoms with E-state index in [9.17, 15) is 4.79 Å². The summed E-state index contributed by atoms with van der Waals surface area (Å²) in [4.78, 5) is 21.4. The molecule has 0 aliphatic carbocycles. The molecule has 144 valence electrons. The van der Waals surface area contributed by atoms with Gasteiger partial charge in [-0.1, -0.05) is 30.3 Å². The standard InChI is InChI=1S/C21H28N4O2/c1-17(27-16-18-6-4-3-5-7-18)21(26)23-15-19-8-9-22-20(14-19)25-12-10-24(2)11-13-25/h3-9,14,17H,10-13,15-16H2,1-2H3,(H,23,26). The molecule has 1 unspecified atom stereocenters. The Morgan fingerprint density at radius 2 is 1.89 bits per heavy atom. The number of piperazine rings is 1. The van der Waals surface area contributed by atoms with Crippen molar-refractivity contribution in [3.63, 3.8) is 0 Å². The quantitative estimate of drug-likeness (QED) is 0.811. The van der Waals surface area contributed by atoms with Crippen molar-refractivity contribution in [1.82, 2.24) is 15.2 Å². The number of hydrogen-bond acceptors (Lipinski definition) is 5. The summed E-state index contributed by atoms with van der Waals surface area (Å²) in [6, 6.07) is 13.9. The number of pyridine rings is 1. The van der Waals surface area contributed by atoms with Gasteiger partial charge < -0.3 is 19.9 Å². The third kappa shape index (κ3) is 5.77. The first-order chi connectivity index (χ1) is 13.1. The number of carbonyl (C=O) groups is 1. The number of nitrogens with one attached hydrogen (secondary N) is 1. The van der Waals surface area contributed by atoms with Crippen molar-refractivity contribution in [1.29, 1.82) is 0 Å². The second kappa shape index (κ2) is 9.48. The SMILES string of the molecule is CC(OCc1ccccc1)C(=O)NCc1ccnc(N2CCN(C)CC2)c1. The average Bonchev–Trinajstić information content (AvgIpc) is 2.71. The summed E-state index contributed by atoms with van der Waals surface area (Å²) in [6.07, 6.45) is 1.31. The number of hydrogen-bond donors (Lipinski definition) is 1. The van der Waals surface area contributed by atoms with Crippen LogP contribution >= 0.6 is 0 Å². The van der Waals surface area contributed by atoms with E-state index in [-0.39, 0.29) is 5.91 Å². The van der Waals surface area contributed by atoms with E-state index in [1.54, 1.807) is 6.92 Å². The lowest BCUT2D eigenvalue weighted by Gasteiger charge is -2.33. The summed E-state index contributed by atoms with van der Waals surface area (Å²) < 4.78 is 5.67. The van der Waals surface area contributed by atoms with Crippen molar-refractivity contribution < 1.29 is 9.53 Å². The summed E-state index contributed by atoms with van der Waals surface area (Å²) in [5, 5.41) is 2.95. The van der Waals surface area contributed by atoms with Crippen LogP contribution in [0.25, 0.3) is 0 Å². The first-order valence-electron chi connectivity index (χ1n) is 9.43. The molecule has 1 aliphatic heterocycles. The minimum atomic E-state index is -0.496. The van der Waals surface area contributed by atoms with Gasteiger partial charge in [-0.15, -0.1) is 0 Å². The molecule has 6 nitrogen and oxygen atoms in total. The molecule has 1 aromatic carbocycles. The van der Waals surface area contributed by atoms with Crippen molar-refractivity contribution in [3.8, 4) is 0 Å². The zero-order chi connectivity index (χ0) is 19.1. The molecule has 27 heavy (non-hydrogen) atoms. The second-order valence-electron chi connectivity index (χ2n) is 6.97. The molecule has 0 radical (unpaired) electrons. The molecule has 0 spiro atoms. The van der Waals surface area contributed by atoms with Crippen molar-refractivity contribution in [2.45, 2.75) is 26.2 Å². The van der Waals surface area contributed by atoms with Gasteiger partial charge in [0.2, 0.25) is 5.91 Å². The molecule has 1 aliphatic rings. The van der Waals surface area contributed by atoms with E-state index in [1.165, 1.54) is 0 Å². The Labute approximate surface area is 161 Å². The van der Waals surface area contributed by atoms with Crippen LogP contribution in [0.5, 0.6) is 0 Å². The zero-order valence-electron chi connectivity index (χ0n) is 16.1. The van der Waals surface area contributed by atoms with Gasteiger partial charge in [-0.25, -0.2) is 4.98 Å². The molecular formula is C21H28N4O2. The molecule has 3 rings (SSSR count). The van der Waals surface area contributed by atoms with E-state index in [0.717, 1.165) is 43.1 Å². The molecule has 1 N–H and O–H groups in total. The predicted octanol–water partition coefficient (Wildman–Crippen LogP) is 2.05. The number of rotatable bonds is 7. The van der Waals surface area contributed by atoms with Crippen LogP contribution in [0, 0.1) is 0 Å². The maximum absolute atomic E-state index is 12.3. The largest absolute Gasteiger partial charge is 0.364 e. The fourth-order valence-corrected chi connectivity index (χ4v) is 2.98. The van der Waals surface area contributed by atoms with E-state index in [4.69, 9.17) is 4.74 Å². The number of aromatic nitrogens is 1. The summed E-state index contributed by atoms with van der Waals surface area (Å²) in [7, 11) is 2.14. The van der Waals surface area contributed by atoms with Crippen LogP contribution in [0.2, 0.25) is 0 Å². The maximum Gasteiger partial charge on any atom is 0.249 e. The fraction of sp³-hybridized carbons (Fsp3) is 0.429. The highest BCUT2D eigenvalue weighted by molar-refractivity contribution is 5.80. The van der Waals surface area contributed by atoms with Crippen LogP contribution < -0.4 is 10.2 Å². The fourth-order valence-electron chi connectivity index (χ4n) is 2.98. The smallest absolute Gasteiger partial charge is 0.249 e. The molecule has 1 atom stereocenters. The van der Waals surface area contributed by atoms with Gasteiger partial charge in [-0.3, -0.25) is 4.79 Å². The third-order valence-corrected chi connectivity index (χ3v) is 4.82. The molecule has 1 saturated heterocycles. The summed E-state index contributed by atoms with van der Waals surface area (Å²) in [5.41, 5.74) is 2.10. The first kappa shape index (κ1) is 19.3. The van der Waals surface area contributed by atoms with E-state index in [1.807, 2.05) is 42.6 Å². The van der Waals surface area contributed by atoms with Crippen LogP contribution in [0.1, 0.15) is 18.1 Å². The summed E-state index contributed by atoms with van der Waals surface area (Å²) in [5.74, 6) is 0.868. The highest BCUT2D eigenvalue weighted by Crippen LogP contribution is 2.15. The van der Waals surface area contributed by atoms with Gasteiger partial charge in [0.25, 0.3) is 0 Å². The van der Waals surface area contributed by atoms with Gasteiger partial charge in [0.15, 0.2) is 0 Å². The molecule has 1 amide bonds. The van der Waals surface area contributed by atoms with E-state index in [2.05, 4.69) is 33.2 Å².